The quantitative estimate of drug-likeness (QED) is 0.628. The van der Waals surface area contributed by atoms with Crippen molar-refractivity contribution in [1.29, 1.82) is 0 Å². The summed E-state index contributed by atoms with van der Waals surface area (Å²) in [6.07, 6.45) is 0.461. The van der Waals surface area contributed by atoms with E-state index in [0.29, 0.717) is 13.0 Å². The van der Waals surface area contributed by atoms with Crippen molar-refractivity contribution < 1.29 is 9.59 Å². The molecule has 88 valence electrons. The van der Waals surface area contributed by atoms with Gasteiger partial charge in [-0.2, -0.15) is 0 Å². The molecule has 15 heavy (non-hydrogen) atoms. The number of amides is 1. The number of nitrogens with zero attached hydrogens (tertiary/aromatic N) is 2. The maximum atomic E-state index is 11.5. The van der Waals surface area contributed by atoms with E-state index in [1.54, 1.807) is 4.90 Å². The number of likely N-dealkylation sites (N-methyl/N-ethyl adjacent to an activating group) is 1. The van der Waals surface area contributed by atoms with Crippen molar-refractivity contribution >= 4 is 11.7 Å². The predicted octanol–water partition coefficient (Wildman–Crippen LogP) is 0.766. The van der Waals surface area contributed by atoms with E-state index in [0.717, 1.165) is 13.1 Å². The van der Waals surface area contributed by atoms with E-state index in [2.05, 4.69) is 11.8 Å². The van der Waals surface area contributed by atoms with Crippen molar-refractivity contribution in [2.24, 2.45) is 0 Å². The van der Waals surface area contributed by atoms with Gasteiger partial charge in [-0.25, -0.2) is 0 Å². The van der Waals surface area contributed by atoms with Crippen LogP contribution in [0.3, 0.4) is 0 Å². The highest BCUT2D eigenvalue weighted by atomic mass is 16.2. The van der Waals surface area contributed by atoms with Crippen LogP contribution in [-0.4, -0.2) is 54.7 Å². The van der Waals surface area contributed by atoms with Gasteiger partial charge in [0.1, 0.15) is 5.78 Å². The maximum Gasteiger partial charge on any atom is 0.222 e. The van der Waals surface area contributed by atoms with E-state index in [4.69, 9.17) is 0 Å². The molecular formula is C11H22N2O2. The van der Waals surface area contributed by atoms with Crippen molar-refractivity contribution in [3.05, 3.63) is 0 Å². The van der Waals surface area contributed by atoms with Crippen LogP contribution < -0.4 is 0 Å². The summed E-state index contributed by atoms with van der Waals surface area (Å²) in [5.41, 5.74) is 0. The first-order valence-corrected chi connectivity index (χ1v) is 5.47. The first kappa shape index (κ1) is 14.1. The number of carbonyl (C=O) groups is 2. The summed E-state index contributed by atoms with van der Waals surface area (Å²) in [6.45, 7) is 8.04. The number of ketones is 1. The van der Waals surface area contributed by atoms with Gasteiger partial charge in [-0.05, 0) is 20.5 Å². The SMILES string of the molecule is CCC(=O)N(CCN(C)CC)CC(C)=O. The third-order valence-corrected chi connectivity index (χ3v) is 2.36. The molecule has 4 heteroatoms. The molecular weight excluding hydrogens is 192 g/mol. The zero-order valence-electron chi connectivity index (χ0n) is 10.2. The molecule has 0 bridgehead atoms. The molecule has 0 spiro atoms. The van der Waals surface area contributed by atoms with Crippen molar-refractivity contribution in [2.75, 3.05) is 33.2 Å². The molecule has 0 unspecified atom stereocenters. The van der Waals surface area contributed by atoms with Crippen molar-refractivity contribution in [2.45, 2.75) is 27.2 Å². The summed E-state index contributed by atoms with van der Waals surface area (Å²) in [4.78, 5) is 26.2. The summed E-state index contributed by atoms with van der Waals surface area (Å²) < 4.78 is 0. The third-order valence-electron chi connectivity index (χ3n) is 2.36. The Bertz CT molecular complexity index is 217. The van der Waals surface area contributed by atoms with Gasteiger partial charge in [0, 0.05) is 19.5 Å². The molecule has 0 aromatic heterocycles. The predicted molar refractivity (Wildman–Crippen MR) is 60.7 cm³/mol. The van der Waals surface area contributed by atoms with E-state index in [-0.39, 0.29) is 18.2 Å². The average Bonchev–Trinajstić information content (AvgIpc) is 2.21. The summed E-state index contributed by atoms with van der Waals surface area (Å²) in [5, 5.41) is 0. The highest BCUT2D eigenvalue weighted by Crippen LogP contribution is 1.95. The molecule has 0 radical (unpaired) electrons. The van der Waals surface area contributed by atoms with Crippen LogP contribution in [0.15, 0.2) is 0 Å². The Kier molecular flexibility index (Phi) is 6.96. The fourth-order valence-corrected chi connectivity index (χ4v) is 1.23. The van der Waals surface area contributed by atoms with Crippen LogP contribution in [0.2, 0.25) is 0 Å². The number of rotatable bonds is 7. The largest absolute Gasteiger partial charge is 0.334 e. The molecule has 0 fully saturated rings. The average molecular weight is 214 g/mol. The van der Waals surface area contributed by atoms with Gasteiger partial charge in [0.05, 0.1) is 6.54 Å². The van der Waals surface area contributed by atoms with E-state index >= 15 is 0 Å². The minimum Gasteiger partial charge on any atom is -0.334 e. The lowest BCUT2D eigenvalue weighted by Crippen LogP contribution is -2.39. The van der Waals surface area contributed by atoms with Crippen LogP contribution in [0.5, 0.6) is 0 Å². The molecule has 0 aromatic carbocycles. The lowest BCUT2D eigenvalue weighted by Gasteiger charge is -2.23. The van der Waals surface area contributed by atoms with Gasteiger partial charge in [-0.1, -0.05) is 13.8 Å². The highest BCUT2D eigenvalue weighted by molar-refractivity contribution is 5.84. The van der Waals surface area contributed by atoms with Crippen molar-refractivity contribution in [1.82, 2.24) is 9.80 Å². The number of Topliss-reactive ketones (excluding diaryl/α,β-unsaturated/α-hetero) is 1. The Balaban J connectivity index is 4.12. The summed E-state index contributed by atoms with van der Waals surface area (Å²) >= 11 is 0. The summed E-state index contributed by atoms with van der Waals surface area (Å²) in [5.74, 6) is 0.0886. The molecule has 0 heterocycles. The molecule has 0 saturated heterocycles. The molecule has 0 aromatic rings. The van der Waals surface area contributed by atoms with E-state index in [1.165, 1.54) is 6.92 Å². The zero-order chi connectivity index (χ0) is 11.8. The fraction of sp³-hybridized carbons (Fsp3) is 0.818. The second-order valence-corrected chi connectivity index (χ2v) is 3.77. The van der Waals surface area contributed by atoms with Crippen LogP contribution in [0.4, 0.5) is 0 Å². The van der Waals surface area contributed by atoms with E-state index in [1.807, 2.05) is 14.0 Å². The lowest BCUT2D eigenvalue weighted by atomic mass is 10.3. The van der Waals surface area contributed by atoms with Crippen LogP contribution in [0.1, 0.15) is 27.2 Å². The molecule has 4 nitrogen and oxygen atoms in total. The maximum absolute atomic E-state index is 11.5. The third kappa shape index (κ3) is 6.23. The van der Waals surface area contributed by atoms with E-state index < -0.39 is 0 Å². The van der Waals surface area contributed by atoms with Crippen LogP contribution in [0, 0.1) is 0 Å². The Morgan fingerprint density at radius 3 is 2.13 bits per heavy atom. The van der Waals surface area contributed by atoms with Gasteiger partial charge in [0.15, 0.2) is 0 Å². The minimum atomic E-state index is 0.0379. The van der Waals surface area contributed by atoms with Crippen LogP contribution in [0.25, 0.3) is 0 Å². The Morgan fingerprint density at radius 2 is 1.73 bits per heavy atom. The van der Waals surface area contributed by atoms with Crippen molar-refractivity contribution in [3.63, 3.8) is 0 Å². The smallest absolute Gasteiger partial charge is 0.222 e. The van der Waals surface area contributed by atoms with Gasteiger partial charge < -0.3 is 9.80 Å². The topological polar surface area (TPSA) is 40.6 Å². The van der Waals surface area contributed by atoms with Gasteiger partial charge in [0.25, 0.3) is 0 Å². The first-order valence-electron chi connectivity index (χ1n) is 5.47. The second-order valence-electron chi connectivity index (χ2n) is 3.77. The van der Waals surface area contributed by atoms with E-state index in [9.17, 15) is 9.59 Å². The summed E-state index contributed by atoms with van der Waals surface area (Å²) in [7, 11) is 2.00. The second kappa shape index (κ2) is 7.40. The van der Waals surface area contributed by atoms with Gasteiger partial charge >= 0.3 is 0 Å². The first-order chi connectivity index (χ1) is 7.01. The normalized spacial score (nSPS) is 10.5. The molecule has 0 saturated carbocycles. The Morgan fingerprint density at radius 1 is 1.13 bits per heavy atom. The monoisotopic (exact) mass is 214 g/mol. The van der Waals surface area contributed by atoms with Crippen molar-refractivity contribution in [3.8, 4) is 0 Å². The number of carbonyl (C=O) groups excluding carboxylic acids is 2. The fourth-order valence-electron chi connectivity index (χ4n) is 1.23. The molecule has 0 aliphatic rings. The highest BCUT2D eigenvalue weighted by Gasteiger charge is 2.13. The molecule has 0 rings (SSSR count). The van der Waals surface area contributed by atoms with Gasteiger partial charge in [-0.15, -0.1) is 0 Å². The van der Waals surface area contributed by atoms with Crippen LogP contribution in [-0.2, 0) is 9.59 Å². The Hall–Kier alpha value is -0.900. The van der Waals surface area contributed by atoms with Gasteiger partial charge in [0.2, 0.25) is 5.91 Å². The molecule has 0 aliphatic carbocycles. The minimum absolute atomic E-state index is 0.0379. The molecule has 1 amide bonds. The molecule has 0 atom stereocenters. The van der Waals surface area contributed by atoms with Gasteiger partial charge in [-0.3, -0.25) is 9.59 Å². The zero-order valence-corrected chi connectivity index (χ0v) is 10.2. The summed E-state index contributed by atoms with van der Waals surface area (Å²) in [6, 6.07) is 0. The number of hydrogen-bond acceptors (Lipinski definition) is 3. The standard InChI is InChI=1S/C11H22N2O2/c1-5-11(15)13(9-10(3)14)8-7-12(4)6-2/h5-9H2,1-4H3. The van der Waals surface area contributed by atoms with Crippen LogP contribution >= 0.6 is 0 Å². The molecule has 0 aliphatic heterocycles. The Labute approximate surface area is 92.2 Å². The number of hydrogen-bond donors (Lipinski definition) is 0. The molecule has 0 N–H and O–H groups in total. The lowest BCUT2D eigenvalue weighted by molar-refractivity contribution is -0.134.